The third kappa shape index (κ3) is 21.0. The van der Waals surface area contributed by atoms with Crippen LogP contribution < -0.4 is 4.74 Å². The van der Waals surface area contributed by atoms with E-state index in [2.05, 4.69) is 200 Å². The molecule has 75 heavy (non-hydrogen) atoms. The lowest BCUT2D eigenvalue weighted by Crippen LogP contribution is -2.58. The van der Waals surface area contributed by atoms with Crippen molar-refractivity contribution in [2.75, 3.05) is 34.9 Å². The highest BCUT2D eigenvalue weighted by molar-refractivity contribution is 6.75. The van der Waals surface area contributed by atoms with Gasteiger partial charge in [0, 0.05) is 56.1 Å². The summed E-state index contributed by atoms with van der Waals surface area (Å²) in [5.41, 5.74) is 2.40. The van der Waals surface area contributed by atoms with Gasteiger partial charge < -0.3 is 46.4 Å². The summed E-state index contributed by atoms with van der Waals surface area (Å²) in [7, 11) is -1.51. The standard InChI is InChI=1S/C62H114O10Si3/c1-28-29-30-44(3)56(66-40-51-32-35-52(65-21)36-33-51)49(8)57(70-73(22,23)60(10,11)12)47(6)38-43(2)37-46(5)55(68-42-64-20)45(4)31-34-53(67-41-63-19)39-54-48(7)58(71-74(24,25)61(13,14)15)50(9)59(69-54)72-75(26,27)62(16,17)18/h28-37,44-50,53-59H,1,38-42H2,2-27H3/b30-29-,34-31-,43-37-/t44-,45-,46-,47-,48-,49+,50+,53+,54-,55-,56-,57+,58-,59-/m0/s1. The molecule has 0 saturated carbocycles. The molecular weight excluding hydrogens is 989 g/mol. The zero-order valence-corrected chi connectivity index (χ0v) is 55.7. The minimum Gasteiger partial charge on any atom is -0.497 e. The van der Waals surface area contributed by atoms with Gasteiger partial charge >= 0.3 is 0 Å². The second-order valence-corrected chi connectivity index (χ2v) is 41.2. The molecule has 1 aromatic carbocycles. The summed E-state index contributed by atoms with van der Waals surface area (Å²) >= 11 is 0. The van der Waals surface area contributed by atoms with E-state index < -0.39 is 31.2 Å². The van der Waals surface area contributed by atoms with Crippen LogP contribution in [0.15, 0.2) is 72.9 Å². The summed E-state index contributed by atoms with van der Waals surface area (Å²) < 4.78 is 65.5. The average Bonchev–Trinajstić information content (AvgIpc) is 3.30. The van der Waals surface area contributed by atoms with Gasteiger partial charge in [-0.25, -0.2) is 0 Å². The van der Waals surface area contributed by atoms with Crippen LogP contribution in [0.5, 0.6) is 5.75 Å². The van der Waals surface area contributed by atoms with E-state index in [1.165, 1.54) is 5.57 Å². The van der Waals surface area contributed by atoms with E-state index in [1.807, 2.05) is 24.3 Å². The summed E-state index contributed by atoms with van der Waals surface area (Å²) in [5.74, 6) is 1.47. The van der Waals surface area contributed by atoms with Crippen LogP contribution in [0.3, 0.4) is 0 Å². The molecule has 1 saturated heterocycles. The van der Waals surface area contributed by atoms with Crippen molar-refractivity contribution in [3.8, 4) is 5.75 Å². The Morgan fingerprint density at radius 1 is 0.653 bits per heavy atom. The van der Waals surface area contributed by atoms with Crippen LogP contribution in [0.4, 0.5) is 0 Å². The van der Waals surface area contributed by atoms with Crippen molar-refractivity contribution in [2.45, 2.75) is 234 Å². The van der Waals surface area contributed by atoms with Crippen LogP contribution in [0, 0.1) is 41.4 Å². The Morgan fingerprint density at radius 3 is 1.71 bits per heavy atom. The average molecular weight is 1100 g/mol. The Balaban J connectivity index is 2.53. The second kappa shape index (κ2) is 30.2. The van der Waals surface area contributed by atoms with E-state index in [9.17, 15) is 0 Å². The highest BCUT2D eigenvalue weighted by Gasteiger charge is 2.51. The molecule has 1 heterocycles. The quantitative estimate of drug-likeness (QED) is 0.0310. The summed E-state index contributed by atoms with van der Waals surface area (Å²) in [4.78, 5) is 0. The van der Waals surface area contributed by atoms with Crippen molar-refractivity contribution in [2.24, 2.45) is 41.4 Å². The summed E-state index contributed by atoms with van der Waals surface area (Å²) in [5, 5.41) is 0.117. The number of hydrogen-bond acceptors (Lipinski definition) is 10. The number of hydrogen-bond donors (Lipinski definition) is 0. The lowest BCUT2D eigenvalue weighted by molar-refractivity contribution is -0.237. The topological polar surface area (TPSA) is 92.3 Å². The number of ether oxygens (including phenoxy) is 7. The van der Waals surface area contributed by atoms with Crippen molar-refractivity contribution in [1.82, 2.24) is 0 Å². The van der Waals surface area contributed by atoms with Gasteiger partial charge in [-0.15, -0.1) is 0 Å². The van der Waals surface area contributed by atoms with Crippen LogP contribution in [0.1, 0.15) is 136 Å². The molecule has 0 unspecified atom stereocenters. The third-order valence-electron chi connectivity index (χ3n) is 17.4. The predicted octanol–water partition coefficient (Wildman–Crippen LogP) is 16.6. The Bertz CT molecular complexity index is 1890. The molecule has 434 valence electrons. The van der Waals surface area contributed by atoms with Gasteiger partial charge in [0.25, 0.3) is 0 Å². The van der Waals surface area contributed by atoms with E-state index in [-0.39, 0.29) is 107 Å². The van der Waals surface area contributed by atoms with Gasteiger partial charge in [0.15, 0.2) is 31.2 Å². The van der Waals surface area contributed by atoms with E-state index in [4.69, 9.17) is 46.4 Å². The molecule has 1 aliphatic heterocycles. The molecule has 1 aromatic rings. The van der Waals surface area contributed by atoms with E-state index in [0.717, 1.165) is 17.7 Å². The molecular formula is C62H114O10Si3. The molecule has 1 aliphatic rings. The van der Waals surface area contributed by atoms with Crippen LogP contribution in [-0.4, -0.2) is 103 Å². The molecule has 0 bridgehead atoms. The van der Waals surface area contributed by atoms with Crippen molar-refractivity contribution < 1.29 is 46.4 Å². The SMILES string of the molecule is C=C/C=C\[C@H](C)[C@H](OCc1ccc(OC)cc1)[C@@H](C)[C@H](O[Si](C)(C)C(C)(C)C)[C@@H](C)C/C(C)=C\[C@H](C)[C@@H](OCOC)[C@@H](C)/C=C\[C@H](C[C@@H]1O[C@@H](O[Si](C)(C)C(C)(C)C)[C@H](C)[C@@H](O[Si](C)(C)C(C)(C)C)[C@H]1C)OCOC. The highest BCUT2D eigenvalue weighted by atomic mass is 28.4. The zero-order valence-electron chi connectivity index (χ0n) is 52.7. The minimum absolute atomic E-state index is 0.0164. The van der Waals surface area contributed by atoms with Crippen molar-refractivity contribution >= 4 is 25.0 Å². The van der Waals surface area contributed by atoms with E-state index in [1.54, 1.807) is 21.3 Å². The van der Waals surface area contributed by atoms with Gasteiger partial charge in [0.2, 0.25) is 0 Å². The van der Waals surface area contributed by atoms with Crippen LogP contribution in [0.2, 0.25) is 54.4 Å². The molecule has 1 fully saturated rings. The molecule has 14 atom stereocenters. The number of allylic oxidation sites excluding steroid dienone is 3. The maximum atomic E-state index is 7.50. The van der Waals surface area contributed by atoms with Crippen molar-refractivity contribution in [1.29, 1.82) is 0 Å². The van der Waals surface area contributed by atoms with E-state index >= 15 is 0 Å². The van der Waals surface area contributed by atoms with E-state index in [0.29, 0.717) is 13.0 Å². The van der Waals surface area contributed by atoms with Gasteiger partial charge in [-0.1, -0.05) is 172 Å². The van der Waals surface area contributed by atoms with Gasteiger partial charge in [0.05, 0.1) is 50.3 Å². The second-order valence-electron chi connectivity index (χ2n) is 27.0. The Labute approximate surface area is 464 Å². The molecule has 2 rings (SSSR count). The van der Waals surface area contributed by atoms with Crippen LogP contribution >= 0.6 is 0 Å². The van der Waals surface area contributed by atoms with Gasteiger partial charge in [-0.2, -0.15) is 0 Å². The van der Waals surface area contributed by atoms with Gasteiger partial charge in [0.1, 0.15) is 19.3 Å². The fourth-order valence-electron chi connectivity index (χ4n) is 9.53. The highest BCUT2D eigenvalue weighted by Crippen LogP contribution is 2.46. The normalized spacial score (nSPS) is 23.7. The maximum absolute atomic E-state index is 7.50. The van der Waals surface area contributed by atoms with Gasteiger partial charge in [-0.3, -0.25) is 0 Å². The first kappa shape index (κ1) is 69.4. The first-order valence-electron chi connectivity index (χ1n) is 28.3. The molecule has 0 aliphatic carbocycles. The van der Waals surface area contributed by atoms with Crippen LogP contribution in [0.25, 0.3) is 0 Å². The monoisotopic (exact) mass is 1100 g/mol. The summed E-state index contributed by atoms with van der Waals surface area (Å²) in [6, 6.07) is 8.14. The molecule has 0 radical (unpaired) electrons. The maximum Gasteiger partial charge on any atom is 0.195 e. The molecule has 10 nitrogen and oxygen atoms in total. The van der Waals surface area contributed by atoms with Crippen molar-refractivity contribution in [3.05, 3.63) is 78.4 Å². The fraction of sp³-hybridized carbons (Fsp3) is 0.774. The largest absolute Gasteiger partial charge is 0.497 e. The number of rotatable bonds is 31. The van der Waals surface area contributed by atoms with Crippen molar-refractivity contribution in [3.63, 3.8) is 0 Å². The third-order valence-corrected chi connectivity index (χ3v) is 30.8. The molecule has 0 amide bonds. The molecule has 0 N–H and O–H groups in total. The lowest BCUT2D eigenvalue weighted by atomic mass is 9.81. The summed E-state index contributed by atoms with van der Waals surface area (Å²) in [6.07, 6.45) is 13.2. The number of methoxy groups -OCH3 is 3. The molecule has 0 aromatic heterocycles. The van der Waals surface area contributed by atoms with Gasteiger partial charge in [-0.05, 0) is 91.4 Å². The first-order valence-corrected chi connectivity index (χ1v) is 37.0. The Hall–Kier alpha value is -1.73. The Kier molecular flexibility index (Phi) is 27.9. The molecule has 13 heteroatoms. The fourth-order valence-corrected chi connectivity index (χ4v) is 13.7. The van der Waals surface area contributed by atoms with Crippen LogP contribution in [-0.2, 0) is 48.3 Å². The summed E-state index contributed by atoms with van der Waals surface area (Å²) in [6.45, 7) is 57.8. The Morgan fingerprint density at radius 2 is 1.19 bits per heavy atom. The number of benzene rings is 1. The predicted molar refractivity (Wildman–Crippen MR) is 322 cm³/mol. The molecule has 0 spiro atoms. The minimum atomic E-state index is -2.22. The lowest BCUT2D eigenvalue weighted by Gasteiger charge is -2.51. The first-order chi connectivity index (χ1) is 34.5. The smallest absolute Gasteiger partial charge is 0.195 e. The zero-order chi connectivity index (χ0) is 57.5.